The lowest BCUT2D eigenvalue weighted by atomic mass is 10.3. The Hall–Kier alpha value is -2.50. The number of carboxylic acids is 1. The second-order valence-corrected chi connectivity index (χ2v) is 4.72. The molecule has 0 unspecified atom stereocenters. The molecule has 0 aliphatic carbocycles. The molecule has 1 N–H and O–H groups in total. The maximum Gasteiger partial charge on any atom is 0.323 e. The van der Waals surface area contributed by atoms with Gasteiger partial charge in [-0.2, -0.15) is 0 Å². The zero-order valence-electron chi connectivity index (χ0n) is 12.2. The molecule has 0 aliphatic heterocycles. The number of aliphatic carboxylic acids is 1. The fourth-order valence-corrected chi connectivity index (χ4v) is 2.03. The standard InChI is InChI=1S/C15H18N4O2/c1-3-8-19(10-14(20)21)13-9-11(2)17-15(18-13)12-6-4-5-7-16-12/h4-7,9H,3,8,10H2,1-2H3,(H,20,21). The molecular weight excluding hydrogens is 268 g/mol. The van der Waals surface area contributed by atoms with Crippen LogP contribution < -0.4 is 4.90 Å². The summed E-state index contributed by atoms with van der Waals surface area (Å²) >= 11 is 0. The summed E-state index contributed by atoms with van der Waals surface area (Å²) in [6.07, 6.45) is 2.52. The van der Waals surface area contributed by atoms with Gasteiger partial charge in [0.15, 0.2) is 5.82 Å². The minimum atomic E-state index is -0.876. The van der Waals surface area contributed by atoms with Crippen LogP contribution in [0.5, 0.6) is 0 Å². The number of nitrogens with zero attached hydrogens (tertiary/aromatic N) is 4. The molecule has 21 heavy (non-hydrogen) atoms. The summed E-state index contributed by atoms with van der Waals surface area (Å²) in [4.78, 5) is 25.8. The van der Waals surface area contributed by atoms with Crippen LogP contribution in [0.15, 0.2) is 30.5 Å². The SMILES string of the molecule is CCCN(CC(=O)O)c1cc(C)nc(-c2ccccn2)n1. The van der Waals surface area contributed by atoms with Gasteiger partial charge < -0.3 is 10.0 Å². The number of rotatable bonds is 6. The molecule has 0 amide bonds. The molecule has 2 heterocycles. The summed E-state index contributed by atoms with van der Waals surface area (Å²) in [6, 6.07) is 7.33. The lowest BCUT2D eigenvalue weighted by Gasteiger charge is -2.21. The van der Waals surface area contributed by atoms with Crippen molar-refractivity contribution in [3.05, 3.63) is 36.2 Å². The quantitative estimate of drug-likeness (QED) is 0.876. The predicted octanol–water partition coefficient (Wildman–Crippen LogP) is 2.15. The molecule has 0 saturated carbocycles. The molecule has 0 saturated heterocycles. The van der Waals surface area contributed by atoms with Crippen molar-refractivity contribution in [2.24, 2.45) is 0 Å². The summed E-state index contributed by atoms with van der Waals surface area (Å²) in [5.74, 6) is 0.253. The highest BCUT2D eigenvalue weighted by Crippen LogP contribution is 2.18. The lowest BCUT2D eigenvalue weighted by Crippen LogP contribution is -2.31. The molecule has 0 bridgehead atoms. The van der Waals surface area contributed by atoms with Crippen LogP contribution in [-0.4, -0.2) is 39.1 Å². The number of pyridine rings is 1. The molecule has 6 heteroatoms. The van der Waals surface area contributed by atoms with Gasteiger partial charge >= 0.3 is 5.97 Å². The highest BCUT2D eigenvalue weighted by Gasteiger charge is 2.14. The average molecular weight is 286 g/mol. The Bertz CT molecular complexity index is 616. The van der Waals surface area contributed by atoms with E-state index in [2.05, 4.69) is 15.0 Å². The van der Waals surface area contributed by atoms with E-state index in [0.717, 1.165) is 12.1 Å². The van der Waals surface area contributed by atoms with Gasteiger partial charge in [-0.1, -0.05) is 13.0 Å². The molecule has 2 aromatic rings. The Morgan fingerprint density at radius 2 is 2.14 bits per heavy atom. The third-order valence-corrected chi connectivity index (χ3v) is 2.88. The topological polar surface area (TPSA) is 79.2 Å². The number of carbonyl (C=O) groups is 1. The van der Waals surface area contributed by atoms with Gasteiger partial charge in [0.2, 0.25) is 0 Å². The van der Waals surface area contributed by atoms with Gasteiger partial charge in [-0.15, -0.1) is 0 Å². The summed E-state index contributed by atoms with van der Waals surface area (Å²) in [5.41, 5.74) is 1.46. The lowest BCUT2D eigenvalue weighted by molar-refractivity contribution is -0.135. The first-order valence-electron chi connectivity index (χ1n) is 6.84. The number of hydrogen-bond acceptors (Lipinski definition) is 5. The molecule has 0 radical (unpaired) electrons. The first kappa shape index (κ1) is 14.9. The van der Waals surface area contributed by atoms with Crippen LogP contribution >= 0.6 is 0 Å². The smallest absolute Gasteiger partial charge is 0.323 e. The van der Waals surface area contributed by atoms with Crippen molar-refractivity contribution in [1.29, 1.82) is 0 Å². The number of hydrogen-bond donors (Lipinski definition) is 1. The molecule has 0 spiro atoms. The van der Waals surface area contributed by atoms with Crippen LogP contribution in [0.4, 0.5) is 5.82 Å². The van der Waals surface area contributed by atoms with Gasteiger partial charge in [-0.3, -0.25) is 9.78 Å². The van der Waals surface area contributed by atoms with Gasteiger partial charge in [0.05, 0.1) is 0 Å². The minimum Gasteiger partial charge on any atom is -0.480 e. The van der Waals surface area contributed by atoms with Crippen LogP contribution in [0.2, 0.25) is 0 Å². The fourth-order valence-electron chi connectivity index (χ4n) is 2.03. The Labute approximate surface area is 123 Å². The van der Waals surface area contributed by atoms with Crippen molar-refractivity contribution in [3.63, 3.8) is 0 Å². The maximum absolute atomic E-state index is 11.0. The summed E-state index contributed by atoms with van der Waals surface area (Å²) < 4.78 is 0. The van der Waals surface area contributed by atoms with Crippen LogP contribution in [-0.2, 0) is 4.79 Å². The van der Waals surface area contributed by atoms with E-state index >= 15 is 0 Å². The van der Waals surface area contributed by atoms with E-state index in [-0.39, 0.29) is 6.54 Å². The highest BCUT2D eigenvalue weighted by molar-refractivity contribution is 5.73. The second-order valence-electron chi connectivity index (χ2n) is 4.72. The van der Waals surface area contributed by atoms with Crippen LogP contribution in [0, 0.1) is 6.92 Å². The molecule has 0 aliphatic rings. The second kappa shape index (κ2) is 6.78. The van der Waals surface area contributed by atoms with E-state index in [1.165, 1.54) is 0 Å². The van der Waals surface area contributed by atoms with Gasteiger partial charge in [0, 0.05) is 24.5 Å². The molecule has 6 nitrogen and oxygen atoms in total. The normalized spacial score (nSPS) is 10.4. The fraction of sp³-hybridized carbons (Fsp3) is 0.333. The van der Waals surface area contributed by atoms with Gasteiger partial charge in [-0.05, 0) is 25.5 Å². The third kappa shape index (κ3) is 3.98. The van der Waals surface area contributed by atoms with Crippen molar-refractivity contribution < 1.29 is 9.90 Å². The molecule has 2 rings (SSSR count). The number of aryl methyl sites for hydroxylation is 1. The third-order valence-electron chi connectivity index (χ3n) is 2.88. The van der Waals surface area contributed by atoms with E-state index < -0.39 is 5.97 Å². The van der Waals surface area contributed by atoms with Crippen LogP contribution in [0.1, 0.15) is 19.0 Å². The van der Waals surface area contributed by atoms with Crippen molar-refractivity contribution in [2.45, 2.75) is 20.3 Å². The molecule has 0 aromatic carbocycles. The van der Waals surface area contributed by atoms with E-state index in [1.807, 2.05) is 32.0 Å². The van der Waals surface area contributed by atoms with Crippen molar-refractivity contribution >= 4 is 11.8 Å². The summed E-state index contributed by atoms with van der Waals surface area (Å²) in [7, 11) is 0. The summed E-state index contributed by atoms with van der Waals surface area (Å²) in [5, 5.41) is 9.03. The number of aromatic nitrogens is 3. The van der Waals surface area contributed by atoms with E-state index in [9.17, 15) is 4.79 Å². The van der Waals surface area contributed by atoms with Crippen LogP contribution in [0.25, 0.3) is 11.5 Å². The average Bonchev–Trinajstić information content (AvgIpc) is 2.47. The number of carboxylic acid groups (broad SMARTS) is 1. The Morgan fingerprint density at radius 1 is 1.33 bits per heavy atom. The molecule has 0 atom stereocenters. The minimum absolute atomic E-state index is 0.0774. The summed E-state index contributed by atoms with van der Waals surface area (Å²) in [6.45, 7) is 4.42. The van der Waals surface area contributed by atoms with Crippen molar-refractivity contribution in [1.82, 2.24) is 15.0 Å². The monoisotopic (exact) mass is 286 g/mol. The largest absolute Gasteiger partial charge is 0.480 e. The van der Waals surface area contributed by atoms with Gasteiger partial charge in [0.1, 0.15) is 18.1 Å². The zero-order chi connectivity index (χ0) is 15.2. The molecule has 2 aromatic heterocycles. The molecule has 110 valence electrons. The first-order chi connectivity index (χ1) is 10.1. The Kier molecular flexibility index (Phi) is 4.81. The maximum atomic E-state index is 11.0. The van der Waals surface area contributed by atoms with Gasteiger partial charge in [-0.25, -0.2) is 9.97 Å². The molecular formula is C15H18N4O2. The van der Waals surface area contributed by atoms with Crippen molar-refractivity contribution in [2.75, 3.05) is 18.0 Å². The Balaban J connectivity index is 2.39. The first-order valence-corrected chi connectivity index (χ1v) is 6.84. The number of anilines is 1. The van der Waals surface area contributed by atoms with E-state index in [0.29, 0.717) is 23.9 Å². The zero-order valence-corrected chi connectivity index (χ0v) is 12.2. The van der Waals surface area contributed by atoms with Crippen LogP contribution in [0.3, 0.4) is 0 Å². The molecule has 0 fully saturated rings. The van der Waals surface area contributed by atoms with Crippen molar-refractivity contribution in [3.8, 4) is 11.5 Å². The highest BCUT2D eigenvalue weighted by atomic mass is 16.4. The van der Waals surface area contributed by atoms with E-state index in [4.69, 9.17) is 5.11 Å². The van der Waals surface area contributed by atoms with Gasteiger partial charge in [0.25, 0.3) is 0 Å². The Morgan fingerprint density at radius 3 is 2.76 bits per heavy atom. The predicted molar refractivity (Wildman–Crippen MR) is 80.1 cm³/mol. The van der Waals surface area contributed by atoms with E-state index in [1.54, 1.807) is 17.2 Å².